The molecule has 1 aromatic heterocycles. The van der Waals surface area contributed by atoms with Gasteiger partial charge in [0.25, 0.3) is 0 Å². The van der Waals surface area contributed by atoms with Crippen molar-refractivity contribution < 1.29 is 9.21 Å². The zero-order chi connectivity index (χ0) is 11.5. The van der Waals surface area contributed by atoms with E-state index in [1.54, 1.807) is 6.92 Å². The number of nitrogens with zero attached hydrogens (tertiary/aromatic N) is 2. The Morgan fingerprint density at radius 2 is 2.44 bits per heavy atom. The fourth-order valence-corrected chi connectivity index (χ4v) is 1.51. The molecular formula is C9H15N5O2. The number of anilines is 1. The van der Waals surface area contributed by atoms with Crippen molar-refractivity contribution in [3.63, 3.8) is 0 Å². The number of carbonyl (C=O) groups excluding carboxylic acids is 1. The topological polar surface area (TPSA) is 106 Å². The third-order valence-corrected chi connectivity index (χ3v) is 2.42. The molecular weight excluding hydrogens is 210 g/mol. The van der Waals surface area contributed by atoms with Gasteiger partial charge in [0.2, 0.25) is 11.8 Å². The molecule has 1 aliphatic heterocycles. The number of carbonyl (C=O) groups is 1. The van der Waals surface area contributed by atoms with Crippen molar-refractivity contribution in [2.45, 2.75) is 31.8 Å². The number of hydrogen-bond acceptors (Lipinski definition) is 6. The molecule has 2 heterocycles. The highest BCUT2D eigenvalue weighted by Gasteiger charge is 2.20. The molecule has 16 heavy (non-hydrogen) atoms. The largest absolute Gasteiger partial charge is 0.406 e. The van der Waals surface area contributed by atoms with E-state index < -0.39 is 0 Å². The summed E-state index contributed by atoms with van der Waals surface area (Å²) in [7, 11) is 0. The van der Waals surface area contributed by atoms with E-state index >= 15 is 0 Å². The van der Waals surface area contributed by atoms with Crippen LogP contribution in [0.25, 0.3) is 0 Å². The van der Waals surface area contributed by atoms with E-state index in [2.05, 4.69) is 20.8 Å². The van der Waals surface area contributed by atoms with Crippen molar-refractivity contribution in [2.75, 3.05) is 11.9 Å². The lowest BCUT2D eigenvalue weighted by Gasteiger charge is -2.22. The molecule has 2 unspecified atom stereocenters. The zero-order valence-corrected chi connectivity index (χ0v) is 9.06. The minimum atomic E-state index is -0.269. The summed E-state index contributed by atoms with van der Waals surface area (Å²) in [4.78, 5) is 10.9. The first kappa shape index (κ1) is 10.9. The summed E-state index contributed by atoms with van der Waals surface area (Å²) in [5.41, 5.74) is 5.60. The molecule has 2 rings (SSSR count). The van der Waals surface area contributed by atoms with Gasteiger partial charge in [0.1, 0.15) is 0 Å². The smallest absolute Gasteiger partial charge is 0.315 e. The Morgan fingerprint density at radius 1 is 1.62 bits per heavy atom. The Morgan fingerprint density at radius 3 is 3.00 bits per heavy atom. The van der Waals surface area contributed by atoms with Gasteiger partial charge in [0.05, 0.1) is 6.04 Å². The highest BCUT2D eigenvalue weighted by molar-refractivity contribution is 5.76. The zero-order valence-electron chi connectivity index (χ0n) is 9.06. The molecule has 0 aromatic carbocycles. The Hall–Kier alpha value is -1.63. The first-order valence-electron chi connectivity index (χ1n) is 5.27. The molecule has 0 aliphatic carbocycles. The molecule has 88 valence electrons. The Balaban J connectivity index is 1.91. The van der Waals surface area contributed by atoms with E-state index in [9.17, 15) is 4.79 Å². The summed E-state index contributed by atoms with van der Waals surface area (Å²) in [6.07, 6.45) is 1.29. The molecule has 1 saturated heterocycles. The SMILES string of the molecule is CC(N)c1nnc(NC2CCC(=O)NC2)o1. The lowest BCUT2D eigenvalue weighted by atomic mass is 10.1. The predicted octanol–water partition coefficient (Wildman–Crippen LogP) is -0.220. The lowest BCUT2D eigenvalue weighted by Crippen LogP contribution is -2.41. The van der Waals surface area contributed by atoms with Crippen LogP contribution in [-0.2, 0) is 4.79 Å². The van der Waals surface area contributed by atoms with Crippen LogP contribution in [-0.4, -0.2) is 28.7 Å². The Labute approximate surface area is 92.8 Å². The molecule has 0 saturated carbocycles. The summed E-state index contributed by atoms with van der Waals surface area (Å²) in [6, 6.07) is 0.224. The van der Waals surface area contributed by atoms with E-state index in [1.165, 1.54) is 0 Å². The number of nitrogens with two attached hydrogens (primary N) is 1. The molecule has 2 atom stereocenters. The van der Waals surface area contributed by atoms with Crippen molar-refractivity contribution in [1.82, 2.24) is 15.5 Å². The van der Waals surface area contributed by atoms with Crippen LogP contribution >= 0.6 is 0 Å². The van der Waals surface area contributed by atoms with Gasteiger partial charge in [-0.1, -0.05) is 5.10 Å². The number of hydrogen-bond donors (Lipinski definition) is 3. The van der Waals surface area contributed by atoms with Crippen molar-refractivity contribution in [2.24, 2.45) is 5.73 Å². The van der Waals surface area contributed by atoms with Crippen LogP contribution in [0.15, 0.2) is 4.42 Å². The standard InChI is InChI=1S/C9H15N5O2/c1-5(10)8-13-14-9(16-8)12-6-2-3-7(15)11-4-6/h5-6H,2-4,10H2,1H3,(H,11,15)(H,12,14). The number of piperidine rings is 1. The first-order chi connectivity index (χ1) is 7.65. The summed E-state index contributed by atoms with van der Waals surface area (Å²) in [6.45, 7) is 2.35. The number of aromatic nitrogens is 2. The van der Waals surface area contributed by atoms with E-state index in [1.807, 2.05) is 0 Å². The van der Waals surface area contributed by atoms with Gasteiger partial charge in [-0.2, -0.15) is 0 Å². The minimum absolute atomic E-state index is 0.0832. The third kappa shape index (κ3) is 2.48. The summed E-state index contributed by atoms with van der Waals surface area (Å²) < 4.78 is 5.30. The van der Waals surface area contributed by atoms with Crippen molar-refractivity contribution in [1.29, 1.82) is 0 Å². The fourth-order valence-electron chi connectivity index (χ4n) is 1.51. The fraction of sp³-hybridized carbons (Fsp3) is 0.667. The van der Waals surface area contributed by atoms with Crippen molar-refractivity contribution in [3.05, 3.63) is 5.89 Å². The number of rotatable bonds is 3. The van der Waals surface area contributed by atoms with Gasteiger partial charge >= 0.3 is 6.01 Å². The maximum Gasteiger partial charge on any atom is 0.315 e. The lowest BCUT2D eigenvalue weighted by molar-refractivity contribution is -0.122. The second-order valence-electron chi connectivity index (χ2n) is 3.92. The molecule has 1 aliphatic rings. The summed E-state index contributed by atoms with van der Waals surface area (Å²) >= 11 is 0. The maximum absolute atomic E-state index is 10.9. The second kappa shape index (κ2) is 4.48. The molecule has 0 radical (unpaired) electrons. The average molecular weight is 225 g/mol. The predicted molar refractivity (Wildman–Crippen MR) is 56.6 cm³/mol. The molecule has 1 aromatic rings. The minimum Gasteiger partial charge on any atom is -0.406 e. The van der Waals surface area contributed by atoms with E-state index in [0.29, 0.717) is 24.9 Å². The number of amides is 1. The molecule has 1 amide bonds. The van der Waals surface area contributed by atoms with Crippen molar-refractivity contribution in [3.8, 4) is 0 Å². The molecule has 7 heteroatoms. The van der Waals surface area contributed by atoms with Crippen LogP contribution in [0.5, 0.6) is 0 Å². The van der Waals surface area contributed by atoms with Crippen LogP contribution in [0.1, 0.15) is 31.7 Å². The first-order valence-corrected chi connectivity index (χ1v) is 5.27. The van der Waals surface area contributed by atoms with Gasteiger partial charge in [-0.25, -0.2) is 0 Å². The molecule has 0 spiro atoms. The van der Waals surface area contributed by atoms with E-state index in [-0.39, 0.29) is 18.0 Å². The quantitative estimate of drug-likeness (QED) is 0.656. The van der Waals surface area contributed by atoms with Crippen LogP contribution in [0.3, 0.4) is 0 Å². The van der Waals surface area contributed by atoms with Crippen LogP contribution < -0.4 is 16.4 Å². The second-order valence-corrected chi connectivity index (χ2v) is 3.92. The summed E-state index contributed by atoms with van der Waals surface area (Å²) in [5, 5.41) is 13.5. The normalized spacial score (nSPS) is 22.6. The Kier molecular flexibility index (Phi) is 3.04. The average Bonchev–Trinajstić information content (AvgIpc) is 2.70. The van der Waals surface area contributed by atoms with Crippen molar-refractivity contribution >= 4 is 11.9 Å². The summed E-state index contributed by atoms with van der Waals surface area (Å²) in [5.74, 6) is 0.488. The molecule has 4 N–H and O–H groups in total. The Bertz CT molecular complexity index is 366. The highest BCUT2D eigenvalue weighted by atomic mass is 16.4. The van der Waals surface area contributed by atoms with Gasteiger partial charge in [0, 0.05) is 19.0 Å². The van der Waals surface area contributed by atoms with Gasteiger partial charge < -0.3 is 20.8 Å². The monoisotopic (exact) mass is 225 g/mol. The van der Waals surface area contributed by atoms with Gasteiger partial charge in [0.15, 0.2) is 0 Å². The van der Waals surface area contributed by atoms with Gasteiger partial charge in [-0.3, -0.25) is 4.79 Å². The third-order valence-electron chi connectivity index (χ3n) is 2.42. The van der Waals surface area contributed by atoms with Crippen LogP contribution in [0.2, 0.25) is 0 Å². The van der Waals surface area contributed by atoms with Gasteiger partial charge in [-0.15, -0.1) is 5.10 Å². The number of nitrogens with one attached hydrogen (secondary N) is 2. The molecule has 1 fully saturated rings. The van der Waals surface area contributed by atoms with Crippen LogP contribution in [0.4, 0.5) is 6.01 Å². The van der Waals surface area contributed by atoms with Crippen LogP contribution in [0, 0.1) is 0 Å². The molecule has 0 bridgehead atoms. The molecule has 7 nitrogen and oxygen atoms in total. The highest BCUT2D eigenvalue weighted by Crippen LogP contribution is 2.14. The van der Waals surface area contributed by atoms with Gasteiger partial charge in [-0.05, 0) is 13.3 Å². The maximum atomic E-state index is 10.9. The van der Waals surface area contributed by atoms with E-state index in [0.717, 1.165) is 6.42 Å². The van der Waals surface area contributed by atoms with E-state index in [4.69, 9.17) is 10.2 Å².